The van der Waals surface area contributed by atoms with Crippen molar-refractivity contribution in [2.45, 2.75) is 57.0 Å². The molecule has 3 aliphatic rings. The Hall–Kier alpha value is -0.810. The molecular formula is C15H26ClN3O2. The maximum absolute atomic E-state index is 11.9. The van der Waals surface area contributed by atoms with Crippen molar-refractivity contribution in [3.63, 3.8) is 0 Å². The Balaban J connectivity index is 0.00000161. The quantitative estimate of drug-likeness (QED) is 0.640. The van der Waals surface area contributed by atoms with Crippen molar-refractivity contribution in [3.05, 3.63) is 0 Å². The summed E-state index contributed by atoms with van der Waals surface area (Å²) in [6.07, 6.45) is 7.52. The topological polar surface area (TPSA) is 70.2 Å². The molecule has 0 aromatic rings. The molecule has 5 nitrogen and oxygen atoms in total. The minimum absolute atomic E-state index is 0. The van der Waals surface area contributed by atoms with Crippen LogP contribution in [-0.4, -0.2) is 37.0 Å². The molecule has 2 atom stereocenters. The van der Waals surface area contributed by atoms with Gasteiger partial charge in [-0.2, -0.15) is 0 Å². The molecule has 2 bridgehead atoms. The molecule has 2 amide bonds. The van der Waals surface area contributed by atoms with Gasteiger partial charge in [-0.05, 0) is 44.4 Å². The fraction of sp³-hybridized carbons (Fsp3) is 0.867. The first kappa shape index (κ1) is 16.6. The minimum Gasteiger partial charge on any atom is -0.354 e. The van der Waals surface area contributed by atoms with Crippen molar-refractivity contribution >= 4 is 24.2 Å². The van der Waals surface area contributed by atoms with Crippen molar-refractivity contribution in [1.82, 2.24) is 16.0 Å². The van der Waals surface area contributed by atoms with Gasteiger partial charge in [0.1, 0.15) is 0 Å². The summed E-state index contributed by atoms with van der Waals surface area (Å²) in [4.78, 5) is 23.3. The Kier molecular flexibility index (Phi) is 5.88. The van der Waals surface area contributed by atoms with Crippen LogP contribution in [0, 0.1) is 11.8 Å². The Bertz CT molecular complexity index is 375. The molecule has 2 aliphatic heterocycles. The Morgan fingerprint density at radius 1 is 0.952 bits per heavy atom. The molecule has 3 fully saturated rings. The highest BCUT2D eigenvalue weighted by Crippen LogP contribution is 2.32. The average molecular weight is 316 g/mol. The molecule has 1 saturated carbocycles. The first-order valence-corrected chi connectivity index (χ1v) is 8.01. The summed E-state index contributed by atoms with van der Waals surface area (Å²) < 4.78 is 0. The second-order valence-corrected chi connectivity index (χ2v) is 6.59. The van der Waals surface area contributed by atoms with E-state index in [2.05, 4.69) is 16.0 Å². The van der Waals surface area contributed by atoms with E-state index < -0.39 is 0 Å². The Morgan fingerprint density at radius 3 is 2.19 bits per heavy atom. The van der Waals surface area contributed by atoms with Crippen LogP contribution in [0.2, 0.25) is 0 Å². The fourth-order valence-electron chi connectivity index (χ4n) is 3.55. The summed E-state index contributed by atoms with van der Waals surface area (Å²) in [7, 11) is 0. The van der Waals surface area contributed by atoms with Gasteiger partial charge in [-0.3, -0.25) is 9.59 Å². The average Bonchev–Trinajstić information content (AvgIpc) is 3.21. The van der Waals surface area contributed by atoms with Gasteiger partial charge < -0.3 is 16.0 Å². The Morgan fingerprint density at radius 2 is 1.57 bits per heavy atom. The summed E-state index contributed by atoms with van der Waals surface area (Å²) in [5.41, 5.74) is 0. The number of hydrogen-bond acceptors (Lipinski definition) is 3. The smallest absolute Gasteiger partial charge is 0.223 e. The monoisotopic (exact) mass is 315 g/mol. The van der Waals surface area contributed by atoms with E-state index in [4.69, 9.17) is 0 Å². The summed E-state index contributed by atoms with van der Waals surface area (Å²) in [6, 6.07) is 1.29. The van der Waals surface area contributed by atoms with Gasteiger partial charge in [0.2, 0.25) is 11.8 Å². The van der Waals surface area contributed by atoms with Gasteiger partial charge in [-0.1, -0.05) is 0 Å². The molecule has 2 unspecified atom stereocenters. The van der Waals surface area contributed by atoms with Gasteiger partial charge in [-0.15, -0.1) is 12.4 Å². The standard InChI is InChI=1S/C15H25N3O2.ClH/c19-14(16-5-6-17-15(20)11-1-2-11)9-10-7-12-3-4-13(8-10)18-12;/h10-13,18H,1-9H2,(H,16,19)(H,17,20);1H. The predicted octanol–water partition coefficient (Wildman–Crippen LogP) is 0.971. The van der Waals surface area contributed by atoms with Crippen LogP contribution >= 0.6 is 12.4 Å². The van der Waals surface area contributed by atoms with E-state index in [1.165, 1.54) is 12.8 Å². The predicted molar refractivity (Wildman–Crippen MR) is 83.3 cm³/mol. The largest absolute Gasteiger partial charge is 0.354 e. The zero-order valence-electron chi connectivity index (χ0n) is 12.4. The lowest BCUT2D eigenvalue weighted by atomic mass is 9.89. The number of halogens is 1. The lowest BCUT2D eigenvalue weighted by molar-refractivity contribution is -0.124. The number of rotatable bonds is 6. The lowest BCUT2D eigenvalue weighted by Crippen LogP contribution is -2.40. The Labute approximate surface area is 132 Å². The third-order valence-electron chi connectivity index (χ3n) is 4.74. The minimum atomic E-state index is 0. The molecule has 21 heavy (non-hydrogen) atoms. The van der Waals surface area contributed by atoms with Crippen molar-refractivity contribution in [3.8, 4) is 0 Å². The SMILES string of the molecule is Cl.O=C(CC1CC2CCC(C1)N2)NCCNC(=O)C1CC1. The molecule has 120 valence electrons. The van der Waals surface area contributed by atoms with Crippen molar-refractivity contribution in [1.29, 1.82) is 0 Å². The van der Waals surface area contributed by atoms with Gasteiger partial charge in [0.25, 0.3) is 0 Å². The molecule has 2 saturated heterocycles. The van der Waals surface area contributed by atoms with E-state index >= 15 is 0 Å². The molecular weight excluding hydrogens is 290 g/mol. The van der Waals surface area contributed by atoms with Crippen LogP contribution in [0.3, 0.4) is 0 Å². The fourth-order valence-corrected chi connectivity index (χ4v) is 3.55. The highest BCUT2D eigenvalue weighted by atomic mass is 35.5. The van der Waals surface area contributed by atoms with Crippen molar-refractivity contribution in [2.24, 2.45) is 11.8 Å². The molecule has 0 radical (unpaired) electrons. The molecule has 1 aliphatic carbocycles. The number of amides is 2. The molecule has 0 aromatic carbocycles. The molecule has 3 rings (SSSR count). The number of hydrogen-bond donors (Lipinski definition) is 3. The zero-order chi connectivity index (χ0) is 13.9. The van der Waals surface area contributed by atoms with Gasteiger partial charge >= 0.3 is 0 Å². The van der Waals surface area contributed by atoms with Crippen LogP contribution < -0.4 is 16.0 Å². The van der Waals surface area contributed by atoms with Crippen LogP contribution in [0.5, 0.6) is 0 Å². The number of piperidine rings is 1. The van der Waals surface area contributed by atoms with E-state index in [1.807, 2.05) is 0 Å². The van der Waals surface area contributed by atoms with E-state index in [9.17, 15) is 9.59 Å². The summed E-state index contributed by atoms with van der Waals surface area (Å²) in [5.74, 6) is 1.07. The highest BCUT2D eigenvalue weighted by molar-refractivity contribution is 5.85. The molecule has 6 heteroatoms. The number of carbonyl (C=O) groups excluding carboxylic acids is 2. The first-order valence-electron chi connectivity index (χ1n) is 8.01. The molecule has 0 aromatic heterocycles. The lowest BCUT2D eigenvalue weighted by Gasteiger charge is -2.28. The second kappa shape index (κ2) is 7.45. The number of fused-ring (bicyclic) bond motifs is 2. The first-order chi connectivity index (χ1) is 9.70. The van der Waals surface area contributed by atoms with Crippen LogP contribution in [0.25, 0.3) is 0 Å². The van der Waals surface area contributed by atoms with Gasteiger partial charge in [0.05, 0.1) is 0 Å². The zero-order valence-corrected chi connectivity index (χ0v) is 13.2. The summed E-state index contributed by atoms with van der Waals surface area (Å²) in [6.45, 7) is 1.10. The van der Waals surface area contributed by atoms with Crippen LogP contribution in [-0.2, 0) is 9.59 Å². The number of nitrogens with one attached hydrogen (secondary N) is 3. The van der Waals surface area contributed by atoms with Crippen molar-refractivity contribution in [2.75, 3.05) is 13.1 Å². The van der Waals surface area contributed by atoms with Gasteiger partial charge in [0, 0.05) is 37.5 Å². The van der Waals surface area contributed by atoms with Crippen LogP contribution in [0.4, 0.5) is 0 Å². The van der Waals surface area contributed by atoms with E-state index in [-0.39, 0.29) is 30.1 Å². The van der Waals surface area contributed by atoms with Gasteiger partial charge in [0.15, 0.2) is 0 Å². The maximum atomic E-state index is 11.9. The van der Waals surface area contributed by atoms with E-state index in [1.54, 1.807) is 0 Å². The van der Waals surface area contributed by atoms with Gasteiger partial charge in [-0.25, -0.2) is 0 Å². The third-order valence-corrected chi connectivity index (χ3v) is 4.74. The van der Waals surface area contributed by atoms with Crippen LogP contribution in [0.15, 0.2) is 0 Å². The summed E-state index contributed by atoms with van der Waals surface area (Å²) >= 11 is 0. The number of carbonyl (C=O) groups is 2. The summed E-state index contributed by atoms with van der Waals surface area (Å²) in [5, 5.41) is 9.38. The van der Waals surface area contributed by atoms with Crippen molar-refractivity contribution < 1.29 is 9.59 Å². The molecule has 3 N–H and O–H groups in total. The molecule has 2 heterocycles. The van der Waals surface area contributed by atoms with E-state index in [0.717, 1.165) is 25.7 Å². The van der Waals surface area contributed by atoms with Crippen LogP contribution in [0.1, 0.15) is 44.9 Å². The second-order valence-electron chi connectivity index (χ2n) is 6.59. The highest BCUT2D eigenvalue weighted by Gasteiger charge is 2.34. The maximum Gasteiger partial charge on any atom is 0.223 e. The third kappa shape index (κ3) is 4.85. The van der Waals surface area contributed by atoms with E-state index in [0.29, 0.717) is 37.5 Å². The normalized spacial score (nSPS) is 30.4. The molecule has 0 spiro atoms.